The number of hydrogen-bond acceptors (Lipinski definition) is 4. The molecule has 1 atom stereocenters. The van der Waals surface area contributed by atoms with E-state index in [2.05, 4.69) is 0 Å². The van der Waals surface area contributed by atoms with Crippen LogP contribution in [0.25, 0.3) is 0 Å². The molecule has 4 nitrogen and oxygen atoms in total. The molecule has 2 rings (SSSR count). The van der Waals surface area contributed by atoms with Gasteiger partial charge in [0.15, 0.2) is 0 Å². The van der Waals surface area contributed by atoms with Crippen molar-refractivity contribution in [1.82, 2.24) is 0 Å². The zero-order valence-corrected chi connectivity index (χ0v) is 9.36. The Hall–Kier alpha value is -1.55. The number of hydrogen-bond donors (Lipinski definition) is 0. The molecule has 0 bridgehead atoms. The first-order chi connectivity index (χ1) is 7.73. The number of ether oxygens (including phenoxy) is 3. The summed E-state index contributed by atoms with van der Waals surface area (Å²) in [4.78, 5) is 11.7. The molecule has 0 aliphatic carbocycles. The van der Waals surface area contributed by atoms with Gasteiger partial charge in [-0.05, 0) is 19.1 Å². The Morgan fingerprint density at radius 1 is 1.56 bits per heavy atom. The van der Waals surface area contributed by atoms with Gasteiger partial charge in [0, 0.05) is 5.56 Å². The van der Waals surface area contributed by atoms with Crippen LogP contribution in [0.1, 0.15) is 12.5 Å². The number of methoxy groups -OCH3 is 1. The third-order valence-electron chi connectivity index (χ3n) is 2.57. The van der Waals surface area contributed by atoms with E-state index in [1.165, 1.54) is 0 Å². The Bertz CT molecular complexity index is 396. The summed E-state index contributed by atoms with van der Waals surface area (Å²) in [6, 6.07) is 7.29. The van der Waals surface area contributed by atoms with E-state index in [1.54, 1.807) is 20.1 Å². The lowest BCUT2D eigenvalue weighted by molar-refractivity contribution is -0.149. The molecule has 1 heterocycles. The largest absolute Gasteiger partial charge is 0.497 e. The van der Waals surface area contributed by atoms with E-state index >= 15 is 0 Å². The van der Waals surface area contributed by atoms with Crippen LogP contribution >= 0.6 is 0 Å². The van der Waals surface area contributed by atoms with Crippen LogP contribution < -0.4 is 4.74 Å². The normalized spacial score (nSPS) is 22.6. The minimum atomic E-state index is -0.898. The number of carbonyl (C=O) groups excluding carboxylic acids is 1. The number of carbonyl (C=O) groups is 1. The molecule has 1 aliphatic rings. The molecule has 1 aromatic carbocycles. The zero-order valence-electron chi connectivity index (χ0n) is 9.36. The minimum Gasteiger partial charge on any atom is -0.497 e. The van der Waals surface area contributed by atoms with Crippen LogP contribution in [-0.4, -0.2) is 26.3 Å². The lowest BCUT2D eigenvalue weighted by Crippen LogP contribution is -2.24. The molecule has 1 aromatic rings. The molecule has 0 spiro atoms. The van der Waals surface area contributed by atoms with Gasteiger partial charge in [0.05, 0.1) is 20.3 Å². The molecule has 1 unspecified atom stereocenters. The van der Waals surface area contributed by atoms with Crippen molar-refractivity contribution >= 4 is 5.97 Å². The van der Waals surface area contributed by atoms with Gasteiger partial charge in [-0.1, -0.05) is 12.1 Å². The minimum absolute atomic E-state index is 0.330. The number of rotatable bonds is 4. The molecule has 0 saturated carbocycles. The summed E-state index contributed by atoms with van der Waals surface area (Å²) in [5.41, 5.74) is -0.116. The van der Waals surface area contributed by atoms with Gasteiger partial charge in [-0.25, -0.2) is 4.79 Å². The molecule has 1 saturated heterocycles. The van der Waals surface area contributed by atoms with Gasteiger partial charge in [-0.2, -0.15) is 0 Å². The standard InChI is InChI=1S/C12H14O4/c1-3-15-11(13)12(8-16-12)9-5-4-6-10(7-9)14-2/h4-7H,3,8H2,1-2H3. The summed E-state index contributed by atoms with van der Waals surface area (Å²) in [5.74, 6) is 0.375. The van der Waals surface area contributed by atoms with Crippen LogP contribution in [0.15, 0.2) is 24.3 Å². The van der Waals surface area contributed by atoms with Gasteiger partial charge < -0.3 is 14.2 Å². The van der Waals surface area contributed by atoms with Crippen molar-refractivity contribution in [3.8, 4) is 5.75 Å². The number of benzene rings is 1. The Kier molecular flexibility index (Phi) is 2.83. The van der Waals surface area contributed by atoms with Crippen molar-refractivity contribution in [2.45, 2.75) is 12.5 Å². The second-order valence-corrected chi connectivity index (χ2v) is 3.57. The predicted octanol–water partition coefficient (Wildman–Crippen LogP) is 1.48. The van der Waals surface area contributed by atoms with Crippen LogP contribution in [0.2, 0.25) is 0 Å². The maximum atomic E-state index is 11.7. The highest BCUT2D eigenvalue weighted by molar-refractivity contribution is 5.84. The smallest absolute Gasteiger partial charge is 0.345 e. The monoisotopic (exact) mass is 222 g/mol. The van der Waals surface area contributed by atoms with Gasteiger partial charge >= 0.3 is 5.97 Å². The first-order valence-corrected chi connectivity index (χ1v) is 5.18. The van der Waals surface area contributed by atoms with Crippen LogP contribution in [0.5, 0.6) is 5.75 Å². The topological polar surface area (TPSA) is 48.1 Å². The van der Waals surface area contributed by atoms with Crippen LogP contribution in [-0.2, 0) is 19.9 Å². The average Bonchev–Trinajstić information content (AvgIpc) is 3.11. The van der Waals surface area contributed by atoms with Crippen molar-refractivity contribution < 1.29 is 19.0 Å². The number of epoxide rings is 1. The maximum Gasteiger partial charge on any atom is 0.345 e. The summed E-state index contributed by atoms with van der Waals surface area (Å²) < 4.78 is 15.4. The quantitative estimate of drug-likeness (QED) is 0.572. The maximum absolute atomic E-state index is 11.7. The molecule has 0 N–H and O–H groups in total. The Morgan fingerprint density at radius 2 is 2.31 bits per heavy atom. The van der Waals surface area contributed by atoms with Crippen LogP contribution in [0.3, 0.4) is 0 Å². The van der Waals surface area contributed by atoms with E-state index < -0.39 is 5.60 Å². The van der Waals surface area contributed by atoms with Crippen molar-refractivity contribution in [3.05, 3.63) is 29.8 Å². The van der Waals surface area contributed by atoms with Gasteiger partial charge in [0.1, 0.15) is 5.75 Å². The highest BCUT2D eigenvalue weighted by atomic mass is 16.6. The van der Waals surface area contributed by atoms with E-state index in [9.17, 15) is 4.79 Å². The Balaban J connectivity index is 2.25. The molecule has 86 valence electrons. The van der Waals surface area contributed by atoms with Gasteiger partial charge in [-0.3, -0.25) is 0 Å². The molecule has 16 heavy (non-hydrogen) atoms. The van der Waals surface area contributed by atoms with E-state index in [-0.39, 0.29) is 5.97 Å². The van der Waals surface area contributed by atoms with E-state index in [4.69, 9.17) is 14.2 Å². The lowest BCUT2D eigenvalue weighted by atomic mass is 10.00. The third-order valence-corrected chi connectivity index (χ3v) is 2.57. The highest BCUT2D eigenvalue weighted by Crippen LogP contribution is 2.40. The molecule has 4 heteroatoms. The van der Waals surface area contributed by atoms with Gasteiger partial charge in [0.25, 0.3) is 0 Å². The first kappa shape index (κ1) is 11.0. The fourth-order valence-corrected chi connectivity index (χ4v) is 1.60. The van der Waals surface area contributed by atoms with Crippen molar-refractivity contribution in [1.29, 1.82) is 0 Å². The van der Waals surface area contributed by atoms with Gasteiger partial charge in [-0.15, -0.1) is 0 Å². The van der Waals surface area contributed by atoms with E-state index in [0.717, 1.165) is 5.56 Å². The van der Waals surface area contributed by atoms with Crippen molar-refractivity contribution in [2.24, 2.45) is 0 Å². The zero-order chi connectivity index (χ0) is 11.6. The first-order valence-electron chi connectivity index (χ1n) is 5.18. The third kappa shape index (κ3) is 1.76. The summed E-state index contributed by atoms with van der Waals surface area (Å²) >= 11 is 0. The predicted molar refractivity (Wildman–Crippen MR) is 57.3 cm³/mol. The second-order valence-electron chi connectivity index (χ2n) is 3.57. The molecular formula is C12H14O4. The van der Waals surface area contributed by atoms with E-state index in [0.29, 0.717) is 19.0 Å². The lowest BCUT2D eigenvalue weighted by Gasteiger charge is -2.11. The fourth-order valence-electron chi connectivity index (χ4n) is 1.60. The summed E-state index contributed by atoms with van der Waals surface area (Å²) in [6.45, 7) is 2.51. The van der Waals surface area contributed by atoms with Crippen LogP contribution in [0.4, 0.5) is 0 Å². The van der Waals surface area contributed by atoms with Crippen molar-refractivity contribution in [3.63, 3.8) is 0 Å². The molecule has 0 radical (unpaired) electrons. The second kappa shape index (κ2) is 4.14. The Morgan fingerprint density at radius 3 is 2.88 bits per heavy atom. The van der Waals surface area contributed by atoms with E-state index in [1.807, 2.05) is 18.2 Å². The molecular weight excluding hydrogens is 208 g/mol. The number of esters is 1. The van der Waals surface area contributed by atoms with Crippen LogP contribution in [0, 0.1) is 0 Å². The molecule has 0 amide bonds. The Labute approximate surface area is 94.1 Å². The highest BCUT2D eigenvalue weighted by Gasteiger charge is 2.55. The van der Waals surface area contributed by atoms with Gasteiger partial charge in [0.2, 0.25) is 5.60 Å². The molecule has 1 fully saturated rings. The summed E-state index contributed by atoms with van der Waals surface area (Å²) in [6.07, 6.45) is 0. The summed E-state index contributed by atoms with van der Waals surface area (Å²) in [5, 5.41) is 0. The summed E-state index contributed by atoms with van der Waals surface area (Å²) in [7, 11) is 1.59. The van der Waals surface area contributed by atoms with Crippen molar-refractivity contribution in [2.75, 3.05) is 20.3 Å². The SMILES string of the molecule is CCOC(=O)C1(c2cccc(OC)c2)CO1. The fraction of sp³-hybridized carbons (Fsp3) is 0.417. The molecule has 1 aliphatic heterocycles. The molecule has 0 aromatic heterocycles. The average molecular weight is 222 g/mol.